The fourth-order valence-electron chi connectivity index (χ4n) is 1.74. The summed E-state index contributed by atoms with van der Waals surface area (Å²) < 4.78 is 0. The van der Waals surface area contributed by atoms with Crippen LogP contribution in [0.1, 0.15) is 27.6 Å². The molecule has 0 saturated carbocycles. The first-order valence-electron chi connectivity index (χ1n) is 5.96. The van der Waals surface area contributed by atoms with Crippen LogP contribution in [-0.4, -0.2) is 11.7 Å². The van der Waals surface area contributed by atoms with Crippen molar-refractivity contribution in [2.24, 2.45) is 0 Å². The van der Waals surface area contributed by atoms with E-state index in [1.165, 1.54) is 19.1 Å². The molecule has 0 aliphatic rings. The van der Waals surface area contributed by atoms with E-state index in [0.717, 1.165) is 0 Å². The molecule has 6 heteroatoms. The van der Waals surface area contributed by atoms with Gasteiger partial charge in [-0.05, 0) is 31.2 Å². The van der Waals surface area contributed by atoms with Gasteiger partial charge in [0.1, 0.15) is 0 Å². The molecule has 0 atom stereocenters. The third-order valence-electron chi connectivity index (χ3n) is 2.80. The van der Waals surface area contributed by atoms with E-state index in [-0.39, 0.29) is 26.4 Å². The predicted molar refractivity (Wildman–Crippen MR) is 85.9 cm³/mol. The minimum absolute atomic E-state index is 0.0874. The third-order valence-corrected chi connectivity index (χ3v) is 3.92. The minimum atomic E-state index is -0.492. The van der Waals surface area contributed by atoms with E-state index < -0.39 is 5.91 Å². The van der Waals surface area contributed by atoms with Gasteiger partial charge in [-0.15, -0.1) is 0 Å². The molecule has 1 N–H and O–H groups in total. The lowest BCUT2D eigenvalue weighted by atomic mass is 10.1. The number of anilines is 1. The van der Waals surface area contributed by atoms with Gasteiger partial charge in [-0.1, -0.05) is 46.9 Å². The molecule has 2 aromatic rings. The number of hydrogen-bond acceptors (Lipinski definition) is 2. The molecule has 0 spiro atoms. The van der Waals surface area contributed by atoms with E-state index in [0.29, 0.717) is 11.3 Å². The summed E-state index contributed by atoms with van der Waals surface area (Å²) in [6, 6.07) is 9.59. The summed E-state index contributed by atoms with van der Waals surface area (Å²) in [5, 5.41) is 3.17. The van der Waals surface area contributed by atoms with Gasteiger partial charge in [-0.25, -0.2) is 0 Å². The molecule has 1 amide bonds. The Labute approximate surface area is 136 Å². The predicted octanol–water partition coefficient (Wildman–Crippen LogP) is 5.10. The largest absolute Gasteiger partial charge is 0.322 e. The molecule has 2 aromatic carbocycles. The van der Waals surface area contributed by atoms with Crippen LogP contribution in [0.4, 0.5) is 5.69 Å². The van der Waals surface area contributed by atoms with E-state index in [1.807, 2.05) is 0 Å². The Balaban J connectivity index is 2.33. The van der Waals surface area contributed by atoms with Gasteiger partial charge >= 0.3 is 0 Å². The SMILES string of the molecule is CC(=O)c1cccc(NC(=O)c2c(Cl)ccc(Cl)c2Cl)c1. The third kappa shape index (κ3) is 3.56. The molecular formula is C15H10Cl3NO2. The smallest absolute Gasteiger partial charge is 0.258 e. The van der Waals surface area contributed by atoms with Crippen molar-refractivity contribution in [3.63, 3.8) is 0 Å². The molecule has 0 saturated heterocycles. The minimum Gasteiger partial charge on any atom is -0.322 e. The van der Waals surface area contributed by atoms with E-state index in [1.54, 1.807) is 24.3 Å². The summed E-state index contributed by atoms with van der Waals surface area (Å²) in [4.78, 5) is 23.6. The summed E-state index contributed by atoms with van der Waals surface area (Å²) >= 11 is 17.9. The highest BCUT2D eigenvalue weighted by Gasteiger charge is 2.17. The summed E-state index contributed by atoms with van der Waals surface area (Å²) in [7, 11) is 0. The van der Waals surface area contributed by atoms with Gasteiger partial charge in [0.15, 0.2) is 5.78 Å². The standard InChI is InChI=1S/C15H10Cl3NO2/c1-8(20)9-3-2-4-10(7-9)19-15(21)13-11(16)5-6-12(17)14(13)18/h2-7H,1H3,(H,19,21). The van der Waals surface area contributed by atoms with Crippen LogP contribution in [0.5, 0.6) is 0 Å². The fraction of sp³-hybridized carbons (Fsp3) is 0.0667. The van der Waals surface area contributed by atoms with Crippen molar-refractivity contribution < 1.29 is 9.59 Å². The summed E-state index contributed by atoms with van der Waals surface area (Å²) in [5.74, 6) is -0.585. The number of ketones is 1. The van der Waals surface area contributed by atoms with Crippen LogP contribution in [0.25, 0.3) is 0 Å². The molecule has 0 bridgehead atoms. The van der Waals surface area contributed by atoms with Crippen LogP contribution in [0, 0.1) is 0 Å². The van der Waals surface area contributed by atoms with Gasteiger partial charge in [0.05, 0.1) is 20.6 Å². The second-order valence-corrected chi connectivity index (χ2v) is 5.50. The van der Waals surface area contributed by atoms with E-state index in [4.69, 9.17) is 34.8 Å². The molecule has 0 radical (unpaired) electrons. The summed E-state index contributed by atoms with van der Waals surface area (Å²) in [6.45, 7) is 1.45. The Morgan fingerprint density at radius 2 is 1.67 bits per heavy atom. The Hall–Kier alpha value is -1.55. The number of carbonyl (C=O) groups excluding carboxylic acids is 2. The molecule has 21 heavy (non-hydrogen) atoms. The Bertz CT molecular complexity index is 729. The second-order valence-electron chi connectivity index (χ2n) is 4.31. The Morgan fingerprint density at radius 3 is 2.33 bits per heavy atom. The number of nitrogens with one attached hydrogen (secondary N) is 1. The first-order chi connectivity index (χ1) is 9.90. The molecule has 2 rings (SSSR count). The molecule has 0 aliphatic heterocycles. The number of hydrogen-bond donors (Lipinski definition) is 1. The van der Waals surface area contributed by atoms with Gasteiger partial charge in [0.25, 0.3) is 5.91 Å². The molecular weight excluding hydrogens is 333 g/mol. The number of Topliss-reactive ketones (excluding diaryl/α,β-unsaturated/α-hetero) is 1. The first-order valence-corrected chi connectivity index (χ1v) is 7.09. The highest BCUT2D eigenvalue weighted by molar-refractivity contribution is 6.46. The maximum absolute atomic E-state index is 12.3. The van der Waals surface area contributed by atoms with Gasteiger partial charge in [-0.3, -0.25) is 9.59 Å². The number of amides is 1. The average molecular weight is 343 g/mol. The Kier molecular flexibility index (Phi) is 4.88. The van der Waals surface area contributed by atoms with Crippen molar-refractivity contribution in [3.8, 4) is 0 Å². The van der Waals surface area contributed by atoms with Crippen molar-refractivity contribution in [1.82, 2.24) is 0 Å². The van der Waals surface area contributed by atoms with Crippen molar-refractivity contribution >= 4 is 52.2 Å². The van der Waals surface area contributed by atoms with Crippen LogP contribution in [-0.2, 0) is 0 Å². The lowest BCUT2D eigenvalue weighted by molar-refractivity contribution is 0.101. The second kappa shape index (κ2) is 6.48. The van der Waals surface area contributed by atoms with Gasteiger partial charge in [0, 0.05) is 11.3 Å². The molecule has 0 fully saturated rings. The van der Waals surface area contributed by atoms with Crippen molar-refractivity contribution in [2.45, 2.75) is 6.92 Å². The zero-order chi connectivity index (χ0) is 15.6. The highest BCUT2D eigenvalue weighted by Crippen LogP contribution is 2.32. The number of carbonyl (C=O) groups is 2. The quantitative estimate of drug-likeness (QED) is 0.623. The highest BCUT2D eigenvalue weighted by atomic mass is 35.5. The molecule has 3 nitrogen and oxygen atoms in total. The topological polar surface area (TPSA) is 46.2 Å². The van der Waals surface area contributed by atoms with Gasteiger partial charge in [-0.2, -0.15) is 0 Å². The molecule has 0 aromatic heterocycles. The van der Waals surface area contributed by atoms with Crippen molar-refractivity contribution in [3.05, 3.63) is 62.6 Å². The maximum atomic E-state index is 12.3. The van der Waals surface area contributed by atoms with Crippen LogP contribution in [0.3, 0.4) is 0 Å². The first kappa shape index (κ1) is 15.8. The molecule has 108 valence electrons. The van der Waals surface area contributed by atoms with Gasteiger partial charge in [0.2, 0.25) is 0 Å². The van der Waals surface area contributed by atoms with E-state index in [9.17, 15) is 9.59 Å². The zero-order valence-corrected chi connectivity index (χ0v) is 13.2. The van der Waals surface area contributed by atoms with Crippen molar-refractivity contribution in [1.29, 1.82) is 0 Å². The van der Waals surface area contributed by atoms with Crippen LogP contribution in [0.2, 0.25) is 15.1 Å². The summed E-state index contributed by atoms with van der Waals surface area (Å²) in [5.41, 5.74) is 1.06. The summed E-state index contributed by atoms with van der Waals surface area (Å²) in [6.07, 6.45) is 0. The van der Waals surface area contributed by atoms with E-state index >= 15 is 0 Å². The van der Waals surface area contributed by atoms with Gasteiger partial charge < -0.3 is 5.32 Å². The normalized spacial score (nSPS) is 10.3. The number of rotatable bonds is 3. The van der Waals surface area contributed by atoms with Crippen LogP contribution < -0.4 is 5.32 Å². The Morgan fingerprint density at radius 1 is 1.00 bits per heavy atom. The van der Waals surface area contributed by atoms with Crippen LogP contribution in [0.15, 0.2) is 36.4 Å². The molecule has 0 aliphatic carbocycles. The lowest BCUT2D eigenvalue weighted by Crippen LogP contribution is -2.13. The number of halogens is 3. The van der Waals surface area contributed by atoms with E-state index in [2.05, 4.69) is 5.32 Å². The monoisotopic (exact) mass is 341 g/mol. The fourth-order valence-corrected chi connectivity index (χ4v) is 2.44. The van der Waals surface area contributed by atoms with Crippen LogP contribution >= 0.6 is 34.8 Å². The maximum Gasteiger partial charge on any atom is 0.258 e. The number of benzene rings is 2. The average Bonchev–Trinajstić information content (AvgIpc) is 2.43. The van der Waals surface area contributed by atoms with Crippen molar-refractivity contribution in [2.75, 3.05) is 5.32 Å². The zero-order valence-electron chi connectivity index (χ0n) is 10.9. The molecule has 0 heterocycles. The molecule has 0 unspecified atom stereocenters. The lowest BCUT2D eigenvalue weighted by Gasteiger charge is -2.10.